The van der Waals surface area contributed by atoms with Crippen LogP contribution in [0.25, 0.3) is 0 Å². The molecule has 0 aromatic carbocycles. The molecule has 0 radical (unpaired) electrons. The highest BCUT2D eigenvalue weighted by molar-refractivity contribution is 4.97. The highest BCUT2D eigenvalue weighted by Crippen LogP contribution is 2.42. The molecule has 3 heteroatoms. The lowest BCUT2D eigenvalue weighted by Crippen LogP contribution is -2.47. The van der Waals surface area contributed by atoms with E-state index in [4.69, 9.17) is 5.11 Å². The highest BCUT2D eigenvalue weighted by Gasteiger charge is 2.41. The third kappa shape index (κ3) is 3.96. The number of hydrogen-bond acceptors (Lipinski definition) is 3. The molecule has 2 N–H and O–H groups in total. The second-order valence-electron chi connectivity index (χ2n) is 7.60. The zero-order valence-corrected chi connectivity index (χ0v) is 13.7. The van der Waals surface area contributed by atoms with Crippen molar-refractivity contribution in [2.75, 3.05) is 32.8 Å². The van der Waals surface area contributed by atoms with Crippen molar-refractivity contribution in [1.29, 1.82) is 0 Å². The quantitative estimate of drug-likeness (QED) is 0.786. The van der Waals surface area contributed by atoms with E-state index in [9.17, 15) is 0 Å². The lowest BCUT2D eigenvalue weighted by atomic mass is 9.84. The first-order valence-corrected chi connectivity index (χ1v) is 8.63. The van der Waals surface area contributed by atoms with Crippen LogP contribution in [0, 0.1) is 17.3 Å². The molecule has 3 unspecified atom stereocenters. The summed E-state index contributed by atoms with van der Waals surface area (Å²) in [4.78, 5) is 2.67. The van der Waals surface area contributed by atoms with Gasteiger partial charge in [-0.3, -0.25) is 0 Å². The molecule has 2 rings (SSSR count). The van der Waals surface area contributed by atoms with Gasteiger partial charge in [-0.05, 0) is 62.4 Å². The van der Waals surface area contributed by atoms with Crippen molar-refractivity contribution in [2.24, 2.45) is 17.3 Å². The summed E-state index contributed by atoms with van der Waals surface area (Å²) in [5, 5.41) is 12.9. The summed E-state index contributed by atoms with van der Waals surface area (Å²) >= 11 is 0. The molecular formula is C17H34N2O. The van der Waals surface area contributed by atoms with Crippen molar-refractivity contribution < 1.29 is 5.11 Å². The van der Waals surface area contributed by atoms with Gasteiger partial charge in [0, 0.05) is 25.7 Å². The molecule has 0 amide bonds. The minimum Gasteiger partial charge on any atom is -0.396 e. The number of nitrogens with one attached hydrogen (secondary N) is 1. The molecule has 1 aliphatic heterocycles. The molecule has 2 aliphatic rings. The van der Waals surface area contributed by atoms with Gasteiger partial charge in [-0.25, -0.2) is 0 Å². The van der Waals surface area contributed by atoms with Gasteiger partial charge < -0.3 is 15.3 Å². The van der Waals surface area contributed by atoms with E-state index in [0.29, 0.717) is 18.1 Å². The Morgan fingerprint density at radius 2 is 2.10 bits per heavy atom. The minimum absolute atomic E-state index is 0.356. The minimum atomic E-state index is 0.356. The van der Waals surface area contributed by atoms with Crippen LogP contribution >= 0.6 is 0 Å². The average Bonchev–Trinajstić information content (AvgIpc) is 2.68. The first-order valence-electron chi connectivity index (χ1n) is 8.63. The summed E-state index contributed by atoms with van der Waals surface area (Å²) in [6.45, 7) is 12.2. The number of hydrogen-bond donors (Lipinski definition) is 2. The summed E-state index contributed by atoms with van der Waals surface area (Å²) in [5.74, 6) is 1.53. The van der Waals surface area contributed by atoms with Crippen molar-refractivity contribution in [1.82, 2.24) is 10.2 Å². The summed E-state index contributed by atoms with van der Waals surface area (Å²) in [6, 6.07) is 0.672. The van der Waals surface area contributed by atoms with Gasteiger partial charge in [0.25, 0.3) is 0 Å². The van der Waals surface area contributed by atoms with Gasteiger partial charge in [0.05, 0.1) is 0 Å². The smallest absolute Gasteiger partial charge is 0.0434 e. The van der Waals surface area contributed by atoms with Crippen LogP contribution in [0.3, 0.4) is 0 Å². The zero-order valence-electron chi connectivity index (χ0n) is 13.7. The molecule has 118 valence electrons. The van der Waals surface area contributed by atoms with Crippen LogP contribution in [0.15, 0.2) is 0 Å². The number of nitrogens with zero attached hydrogens (tertiary/aromatic N) is 1. The summed E-state index contributed by atoms with van der Waals surface area (Å²) < 4.78 is 0. The number of aliphatic hydroxyl groups is 1. The van der Waals surface area contributed by atoms with Gasteiger partial charge in [0.15, 0.2) is 0 Å². The van der Waals surface area contributed by atoms with Crippen LogP contribution in [0.1, 0.15) is 52.9 Å². The fourth-order valence-electron chi connectivity index (χ4n) is 4.44. The Labute approximate surface area is 125 Å². The molecule has 3 atom stereocenters. The molecule has 1 heterocycles. The number of rotatable bonds is 6. The normalized spacial score (nSPS) is 34.5. The molecule has 1 aliphatic carbocycles. The van der Waals surface area contributed by atoms with Crippen LogP contribution in [-0.4, -0.2) is 48.8 Å². The summed E-state index contributed by atoms with van der Waals surface area (Å²) in [6.07, 6.45) is 6.33. The van der Waals surface area contributed by atoms with Crippen LogP contribution < -0.4 is 5.32 Å². The first kappa shape index (κ1) is 16.3. The summed E-state index contributed by atoms with van der Waals surface area (Å²) in [7, 11) is 0. The largest absolute Gasteiger partial charge is 0.396 e. The first-order chi connectivity index (χ1) is 9.56. The highest BCUT2D eigenvalue weighted by atomic mass is 16.3. The SMILES string of the molecule is CCNC1C(CN2CCCC(CCO)C2)CCC1(C)C. The zero-order chi connectivity index (χ0) is 14.6. The van der Waals surface area contributed by atoms with Gasteiger partial charge in [0.2, 0.25) is 0 Å². The fourth-order valence-corrected chi connectivity index (χ4v) is 4.44. The average molecular weight is 282 g/mol. The van der Waals surface area contributed by atoms with Gasteiger partial charge >= 0.3 is 0 Å². The van der Waals surface area contributed by atoms with Gasteiger partial charge in [-0.2, -0.15) is 0 Å². The standard InChI is InChI=1S/C17H34N2O/c1-4-18-16-15(7-9-17(16,2)3)13-19-10-5-6-14(12-19)8-11-20/h14-16,18,20H,4-13H2,1-3H3. The van der Waals surface area contributed by atoms with Crippen molar-refractivity contribution in [3.05, 3.63) is 0 Å². The maximum Gasteiger partial charge on any atom is 0.0434 e. The van der Waals surface area contributed by atoms with E-state index < -0.39 is 0 Å². The second kappa shape index (κ2) is 7.24. The Bertz CT molecular complexity index is 291. The van der Waals surface area contributed by atoms with Crippen molar-refractivity contribution in [2.45, 2.75) is 58.9 Å². The van der Waals surface area contributed by atoms with Crippen LogP contribution in [0.4, 0.5) is 0 Å². The van der Waals surface area contributed by atoms with Crippen molar-refractivity contribution in [3.8, 4) is 0 Å². The van der Waals surface area contributed by atoms with E-state index in [0.717, 1.165) is 24.8 Å². The maximum atomic E-state index is 9.14. The lowest BCUT2D eigenvalue weighted by molar-refractivity contribution is 0.119. The van der Waals surface area contributed by atoms with E-state index in [2.05, 4.69) is 31.0 Å². The Kier molecular flexibility index (Phi) is 5.88. The predicted molar refractivity (Wildman–Crippen MR) is 84.8 cm³/mol. The van der Waals surface area contributed by atoms with Crippen LogP contribution in [0.2, 0.25) is 0 Å². The van der Waals surface area contributed by atoms with Crippen molar-refractivity contribution in [3.63, 3.8) is 0 Å². The molecule has 1 saturated carbocycles. The second-order valence-corrected chi connectivity index (χ2v) is 7.60. The Morgan fingerprint density at radius 1 is 1.30 bits per heavy atom. The molecule has 0 bridgehead atoms. The number of piperidine rings is 1. The van der Waals surface area contributed by atoms with Gasteiger partial charge in [-0.15, -0.1) is 0 Å². The molecular weight excluding hydrogens is 248 g/mol. The van der Waals surface area contributed by atoms with E-state index in [1.807, 2.05) is 0 Å². The van der Waals surface area contributed by atoms with E-state index in [1.54, 1.807) is 0 Å². The van der Waals surface area contributed by atoms with Gasteiger partial charge in [0.1, 0.15) is 0 Å². The van der Waals surface area contributed by atoms with Crippen LogP contribution in [-0.2, 0) is 0 Å². The van der Waals surface area contributed by atoms with E-state index in [-0.39, 0.29) is 0 Å². The lowest BCUT2D eigenvalue weighted by Gasteiger charge is -2.37. The third-order valence-electron chi connectivity index (χ3n) is 5.53. The Morgan fingerprint density at radius 3 is 2.80 bits per heavy atom. The molecule has 0 spiro atoms. The molecule has 20 heavy (non-hydrogen) atoms. The van der Waals surface area contributed by atoms with Gasteiger partial charge in [-0.1, -0.05) is 20.8 Å². The predicted octanol–water partition coefficient (Wildman–Crippen LogP) is 2.50. The van der Waals surface area contributed by atoms with E-state index >= 15 is 0 Å². The number of aliphatic hydroxyl groups excluding tert-OH is 1. The Balaban J connectivity index is 1.88. The molecule has 3 nitrogen and oxygen atoms in total. The van der Waals surface area contributed by atoms with E-state index in [1.165, 1.54) is 45.3 Å². The Hall–Kier alpha value is -0.120. The van der Waals surface area contributed by atoms with Crippen LogP contribution in [0.5, 0.6) is 0 Å². The molecule has 2 fully saturated rings. The third-order valence-corrected chi connectivity index (χ3v) is 5.53. The molecule has 0 aromatic heterocycles. The van der Waals surface area contributed by atoms with Crippen molar-refractivity contribution >= 4 is 0 Å². The fraction of sp³-hybridized carbons (Fsp3) is 1.00. The molecule has 0 aromatic rings. The monoisotopic (exact) mass is 282 g/mol. The number of likely N-dealkylation sites (tertiary alicyclic amines) is 1. The topological polar surface area (TPSA) is 35.5 Å². The molecule has 1 saturated heterocycles. The maximum absolute atomic E-state index is 9.14. The summed E-state index contributed by atoms with van der Waals surface area (Å²) in [5.41, 5.74) is 0.445.